The number of halogens is 1. The Kier molecular flexibility index (Phi) is 5.92. The van der Waals surface area contributed by atoms with E-state index in [1.807, 2.05) is 18.2 Å². The zero-order chi connectivity index (χ0) is 16.1. The van der Waals surface area contributed by atoms with E-state index in [-0.39, 0.29) is 11.9 Å². The number of nitrogens with one attached hydrogen (secondary N) is 2. The summed E-state index contributed by atoms with van der Waals surface area (Å²) < 4.78 is 5.59. The van der Waals surface area contributed by atoms with Gasteiger partial charge in [-0.05, 0) is 36.5 Å². The van der Waals surface area contributed by atoms with Gasteiger partial charge in [-0.3, -0.25) is 4.79 Å². The minimum Gasteiger partial charge on any atom is -0.366 e. The number of amides is 1. The maximum absolute atomic E-state index is 12.6. The van der Waals surface area contributed by atoms with Crippen LogP contribution in [-0.4, -0.2) is 31.7 Å². The van der Waals surface area contributed by atoms with Crippen molar-refractivity contribution in [3.8, 4) is 0 Å². The molecule has 1 saturated heterocycles. The van der Waals surface area contributed by atoms with Crippen molar-refractivity contribution in [1.29, 1.82) is 0 Å². The summed E-state index contributed by atoms with van der Waals surface area (Å²) in [5.74, 6) is 0.454. The van der Waals surface area contributed by atoms with Crippen LogP contribution in [0.25, 0.3) is 0 Å². The largest absolute Gasteiger partial charge is 0.366 e. The van der Waals surface area contributed by atoms with Gasteiger partial charge in [0.15, 0.2) is 0 Å². The summed E-state index contributed by atoms with van der Waals surface area (Å²) in [6, 6.07) is 7.89. The van der Waals surface area contributed by atoms with Crippen molar-refractivity contribution in [1.82, 2.24) is 10.6 Å². The van der Waals surface area contributed by atoms with Gasteiger partial charge in [0.25, 0.3) is 5.91 Å². The standard InChI is InChI=1S/C18H25ClN2O2/c19-15-8-4-7-14(11-15)17(13-5-2-1-3-6-13)21-18(22)16-12-20-9-10-23-16/h4,7-8,11,13,16-17,20H,1-3,5-6,9-10,12H2,(H,21,22). The number of hydrogen-bond acceptors (Lipinski definition) is 3. The van der Waals surface area contributed by atoms with Crippen molar-refractivity contribution in [3.05, 3.63) is 34.9 Å². The van der Waals surface area contributed by atoms with E-state index >= 15 is 0 Å². The minimum absolute atomic E-state index is 0.0204. The molecule has 2 N–H and O–H groups in total. The third-order valence-electron chi connectivity index (χ3n) is 4.85. The molecule has 1 aromatic rings. The van der Waals surface area contributed by atoms with E-state index < -0.39 is 6.10 Å². The molecule has 2 unspecified atom stereocenters. The molecule has 5 heteroatoms. The lowest BCUT2D eigenvalue weighted by molar-refractivity contribution is -0.135. The third-order valence-corrected chi connectivity index (χ3v) is 5.08. The van der Waals surface area contributed by atoms with Gasteiger partial charge in [-0.25, -0.2) is 0 Å². The summed E-state index contributed by atoms with van der Waals surface area (Å²) in [4.78, 5) is 12.6. The smallest absolute Gasteiger partial charge is 0.250 e. The monoisotopic (exact) mass is 336 g/mol. The van der Waals surface area contributed by atoms with E-state index in [0.717, 1.165) is 24.9 Å². The maximum atomic E-state index is 12.6. The lowest BCUT2D eigenvalue weighted by Gasteiger charge is -2.33. The van der Waals surface area contributed by atoms with E-state index in [0.29, 0.717) is 24.1 Å². The molecule has 2 atom stereocenters. The lowest BCUT2D eigenvalue weighted by atomic mass is 9.81. The number of rotatable bonds is 4. The Morgan fingerprint density at radius 3 is 2.83 bits per heavy atom. The molecular weight excluding hydrogens is 312 g/mol. The molecule has 1 saturated carbocycles. The molecule has 23 heavy (non-hydrogen) atoms. The third kappa shape index (κ3) is 4.46. The Balaban J connectivity index is 1.75. The van der Waals surface area contributed by atoms with Gasteiger partial charge < -0.3 is 15.4 Å². The molecule has 1 amide bonds. The van der Waals surface area contributed by atoms with E-state index in [9.17, 15) is 4.79 Å². The fraction of sp³-hybridized carbons (Fsp3) is 0.611. The quantitative estimate of drug-likeness (QED) is 0.888. The number of hydrogen-bond donors (Lipinski definition) is 2. The van der Waals surface area contributed by atoms with Crippen LogP contribution in [0.4, 0.5) is 0 Å². The molecule has 1 aliphatic carbocycles. The highest BCUT2D eigenvalue weighted by Gasteiger charge is 2.30. The number of carbonyl (C=O) groups excluding carboxylic acids is 1. The summed E-state index contributed by atoms with van der Waals surface area (Å²) in [6.45, 7) is 1.98. The van der Waals surface area contributed by atoms with Crippen molar-refractivity contribution >= 4 is 17.5 Å². The Labute approximate surface area is 142 Å². The van der Waals surface area contributed by atoms with Gasteiger partial charge in [0.1, 0.15) is 6.10 Å². The first-order valence-corrected chi connectivity index (χ1v) is 9.00. The first-order chi connectivity index (χ1) is 11.2. The van der Waals surface area contributed by atoms with Crippen molar-refractivity contribution in [2.24, 2.45) is 5.92 Å². The van der Waals surface area contributed by atoms with Gasteiger partial charge in [-0.2, -0.15) is 0 Å². The SMILES string of the molecule is O=C(NC(c1cccc(Cl)c1)C1CCCCC1)C1CNCCO1. The van der Waals surface area contributed by atoms with Crippen LogP contribution in [0.2, 0.25) is 5.02 Å². The van der Waals surface area contributed by atoms with Crippen molar-refractivity contribution < 1.29 is 9.53 Å². The van der Waals surface area contributed by atoms with Gasteiger partial charge in [0.05, 0.1) is 12.6 Å². The summed E-state index contributed by atoms with van der Waals surface area (Å²) in [5, 5.41) is 7.16. The molecule has 0 aromatic heterocycles. The second kappa shape index (κ2) is 8.13. The molecule has 1 heterocycles. The molecular formula is C18H25ClN2O2. The Morgan fingerprint density at radius 1 is 1.30 bits per heavy atom. The van der Waals surface area contributed by atoms with E-state index in [1.54, 1.807) is 0 Å². The van der Waals surface area contributed by atoms with Gasteiger partial charge in [0.2, 0.25) is 0 Å². The summed E-state index contributed by atoms with van der Waals surface area (Å²) in [6.07, 6.45) is 5.68. The van der Waals surface area contributed by atoms with Crippen molar-refractivity contribution in [3.63, 3.8) is 0 Å². The highest BCUT2D eigenvalue weighted by molar-refractivity contribution is 6.30. The van der Waals surface area contributed by atoms with Crippen molar-refractivity contribution in [2.75, 3.05) is 19.7 Å². The van der Waals surface area contributed by atoms with E-state index in [4.69, 9.17) is 16.3 Å². The summed E-state index contributed by atoms with van der Waals surface area (Å²) >= 11 is 6.17. The van der Waals surface area contributed by atoms with Crippen LogP contribution in [0, 0.1) is 5.92 Å². The van der Waals surface area contributed by atoms with Crippen LogP contribution in [0.1, 0.15) is 43.7 Å². The molecule has 0 spiro atoms. The predicted octanol–water partition coefficient (Wildman–Crippen LogP) is 3.07. The lowest BCUT2D eigenvalue weighted by Crippen LogP contribution is -2.49. The fourth-order valence-electron chi connectivity index (χ4n) is 3.62. The number of carbonyl (C=O) groups is 1. The van der Waals surface area contributed by atoms with Gasteiger partial charge >= 0.3 is 0 Å². The second-order valence-electron chi connectivity index (χ2n) is 6.50. The number of morpholine rings is 1. The molecule has 1 aliphatic heterocycles. The molecule has 3 rings (SSSR count). The van der Waals surface area contributed by atoms with E-state index in [2.05, 4.69) is 16.7 Å². The molecule has 0 radical (unpaired) electrons. The van der Waals surface area contributed by atoms with Crippen LogP contribution in [0.3, 0.4) is 0 Å². The van der Waals surface area contributed by atoms with E-state index in [1.165, 1.54) is 19.3 Å². The molecule has 4 nitrogen and oxygen atoms in total. The fourth-order valence-corrected chi connectivity index (χ4v) is 3.82. The van der Waals surface area contributed by atoms with Crippen LogP contribution < -0.4 is 10.6 Å². The number of ether oxygens (including phenoxy) is 1. The normalized spacial score (nSPS) is 24.1. The number of benzene rings is 1. The van der Waals surface area contributed by atoms with Gasteiger partial charge in [-0.1, -0.05) is 43.0 Å². The molecule has 2 fully saturated rings. The molecule has 126 valence electrons. The molecule has 0 bridgehead atoms. The first-order valence-electron chi connectivity index (χ1n) is 8.62. The van der Waals surface area contributed by atoms with Crippen LogP contribution >= 0.6 is 11.6 Å². The Bertz CT molecular complexity index is 526. The summed E-state index contributed by atoms with van der Waals surface area (Å²) in [7, 11) is 0. The van der Waals surface area contributed by atoms with Crippen molar-refractivity contribution in [2.45, 2.75) is 44.2 Å². The first kappa shape index (κ1) is 16.7. The van der Waals surface area contributed by atoms with Gasteiger partial charge in [-0.15, -0.1) is 0 Å². The zero-order valence-corrected chi connectivity index (χ0v) is 14.1. The topological polar surface area (TPSA) is 50.4 Å². The average molecular weight is 337 g/mol. The van der Waals surface area contributed by atoms with Crippen LogP contribution in [0.15, 0.2) is 24.3 Å². The zero-order valence-electron chi connectivity index (χ0n) is 13.4. The molecule has 2 aliphatic rings. The average Bonchev–Trinajstić information content (AvgIpc) is 2.61. The molecule has 1 aromatic carbocycles. The summed E-state index contributed by atoms with van der Waals surface area (Å²) in [5.41, 5.74) is 1.10. The highest BCUT2D eigenvalue weighted by Crippen LogP contribution is 2.35. The predicted molar refractivity (Wildman–Crippen MR) is 91.5 cm³/mol. The van der Waals surface area contributed by atoms with Crippen LogP contribution in [-0.2, 0) is 9.53 Å². The Hall–Kier alpha value is -1.10. The maximum Gasteiger partial charge on any atom is 0.250 e. The highest BCUT2D eigenvalue weighted by atomic mass is 35.5. The van der Waals surface area contributed by atoms with Gasteiger partial charge in [0, 0.05) is 18.1 Å². The Morgan fingerprint density at radius 2 is 2.13 bits per heavy atom. The second-order valence-corrected chi connectivity index (χ2v) is 6.94. The van der Waals surface area contributed by atoms with Crippen LogP contribution in [0.5, 0.6) is 0 Å². The minimum atomic E-state index is -0.394.